The predicted octanol–water partition coefficient (Wildman–Crippen LogP) is 3.83. The second-order valence-corrected chi connectivity index (χ2v) is 5.68. The molecule has 122 valence electrons. The molecule has 0 amide bonds. The molecule has 1 aromatic heterocycles. The highest BCUT2D eigenvalue weighted by Gasteiger charge is 2.10. The summed E-state index contributed by atoms with van der Waals surface area (Å²) >= 11 is 6.04. The summed E-state index contributed by atoms with van der Waals surface area (Å²) in [6, 6.07) is 12.9. The van der Waals surface area contributed by atoms with E-state index in [0.29, 0.717) is 22.3 Å². The molecule has 3 rings (SSSR count). The van der Waals surface area contributed by atoms with Crippen LogP contribution in [0.3, 0.4) is 0 Å². The van der Waals surface area contributed by atoms with Crippen LogP contribution in [0.2, 0.25) is 5.02 Å². The zero-order chi connectivity index (χ0) is 17.1. The first kappa shape index (κ1) is 16.0. The molecule has 3 aromatic rings. The number of carboxylic acids is 1. The molecule has 0 fully saturated rings. The van der Waals surface area contributed by atoms with Crippen molar-refractivity contribution in [1.82, 2.24) is 9.97 Å². The van der Waals surface area contributed by atoms with E-state index in [2.05, 4.69) is 20.6 Å². The van der Waals surface area contributed by atoms with Crippen molar-refractivity contribution >= 4 is 45.9 Å². The summed E-state index contributed by atoms with van der Waals surface area (Å²) < 4.78 is 0. The third-order valence-corrected chi connectivity index (χ3v) is 3.69. The Morgan fingerprint density at radius 1 is 1.21 bits per heavy atom. The smallest absolute Gasteiger partial charge is 0.322 e. The molecule has 6 nitrogen and oxygen atoms in total. The Bertz CT molecular complexity index is 914. The van der Waals surface area contributed by atoms with Gasteiger partial charge in [0.1, 0.15) is 12.4 Å². The van der Waals surface area contributed by atoms with E-state index in [1.54, 1.807) is 6.07 Å². The maximum Gasteiger partial charge on any atom is 0.322 e. The number of rotatable bonds is 5. The van der Waals surface area contributed by atoms with E-state index < -0.39 is 5.97 Å². The van der Waals surface area contributed by atoms with Gasteiger partial charge in [0.05, 0.1) is 5.52 Å². The minimum Gasteiger partial charge on any atom is -0.480 e. The van der Waals surface area contributed by atoms with Crippen LogP contribution < -0.4 is 10.6 Å². The fraction of sp³-hybridized carbons (Fsp3) is 0.118. The van der Waals surface area contributed by atoms with Gasteiger partial charge in [0, 0.05) is 16.1 Å². The molecule has 0 bridgehead atoms. The van der Waals surface area contributed by atoms with Crippen LogP contribution in [-0.4, -0.2) is 27.6 Å². The lowest BCUT2D eigenvalue weighted by atomic mass is 10.2. The lowest BCUT2D eigenvalue weighted by molar-refractivity contribution is -0.134. The molecule has 2 aromatic carbocycles. The Balaban J connectivity index is 2.01. The van der Waals surface area contributed by atoms with Gasteiger partial charge in [0.15, 0.2) is 0 Å². The van der Waals surface area contributed by atoms with E-state index in [-0.39, 0.29) is 6.54 Å². The van der Waals surface area contributed by atoms with Gasteiger partial charge in [0.2, 0.25) is 5.95 Å². The molecule has 0 saturated carbocycles. The van der Waals surface area contributed by atoms with Crippen LogP contribution >= 0.6 is 11.6 Å². The normalized spacial score (nSPS) is 10.6. The number of nitrogens with one attached hydrogen (secondary N) is 2. The Morgan fingerprint density at radius 3 is 2.79 bits per heavy atom. The van der Waals surface area contributed by atoms with Crippen LogP contribution in [0.25, 0.3) is 10.9 Å². The molecule has 0 aliphatic carbocycles. The van der Waals surface area contributed by atoms with Crippen molar-refractivity contribution in [1.29, 1.82) is 0 Å². The van der Waals surface area contributed by atoms with Gasteiger partial charge in [-0.05, 0) is 36.8 Å². The summed E-state index contributed by atoms with van der Waals surface area (Å²) in [7, 11) is 0. The monoisotopic (exact) mass is 342 g/mol. The number of carbonyl (C=O) groups is 1. The molecule has 0 unspecified atom stereocenters. The molecule has 0 radical (unpaired) electrons. The maximum absolute atomic E-state index is 10.8. The van der Waals surface area contributed by atoms with E-state index in [1.165, 1.54) is 0 Å². The molecule has 0 spiro atoms. The van der Waals surface area contributed by atoms with Crippen molar-refractivity contribution in [2.75, 3.05) is 17.2 Å². The molecular weight excluding hydrogens is 328 g/mol. The van der Waals surface area contributed by atoms with Crippen LogP contribution in [0.1, 0.15) is 5.56 Å². The van der Waals surface area contributed by atoms with Crippen molar-refractivity contribution in [2.24, 2.45) is 0 Å². The highest BCUT2D eigenvalue weighted by Crippen LogP contribution is 2.26. The van der Waals surface area contributed by atoms with Gasteiger partial charge in [-0.15, -0.1) is 0 Å². The lowest BCUT2D eigenvalue weighted by Crippen LogP contribution is -2.14. The number of aromatic nitrogens is 2. The minimum atomic E-state index is -0.960. The highest BCUT2D eigenvalue weighted by molar-refractivity contribution is 6.30. The fourth-order valence-corrected chi connectivity index (χ4v) is 2.45. The number of carboxylic acid groups (broad SMARTS) is 1. The van der Waals surface area contributed by atoms with Gasteiger partial charge < -0.3 is 15.7 Å². The Hall–Kier alpha value is -2.86. The lowest BCUT2D eigenvalue weighted by Gasteiger charge is -2.12. The van der Waals surface area contributed by atoms with Crippen LogP contribution in [0.5, 0.6) is 0 Å². The number of hydrogen-bond acceptors (Lipinski definition) is 5. The number of aliphatic carboxylic acids is 1. The van der Waals surface area contributed by atoms with Crippen LogP contribution in [0.4, 0.5) is 17.5 Å². The quantitative estimate of drug-likeness (QED) is 0.653. The maximum atomic E-state index is 10.8. The minimum absolute atomic E-state index is 0.226. The van der Waals surface area contributed by atoms with Crippen LogP contribution in [0, 0.1) is 6.92 Å². The van der Waals surface area contributed by atoms with Crippen LogP contribution in [-0.2, 0) is 4.79 Å². The average molecular weight is 343 g/mol. The molecule has 1 heterocycles. The van der Waals surface area contributed by atoms with Gasteiger partial charge in [0.25, 0.3) is 0 Å². The van der Waals surface area contributed by atoms with Crippen LogP contribution in [0.15, 0.2) is 42.5 Å². The summed E-state index contributed by atoms with van der Waals surface area (Å²) in [5.41, 5.74) is 2.50. The molecular formula is C17H15ClN4O2. The summed E-state index contributed by atoms with van der Waals surface area (Å²) in [5, 5.41) is 16.2. The van der Waals surface area contributed by atoms with Gasteiger partial charge in [-0.2, -0.15) is 4.98 Å². The first-order valence-corrected chi connectivity index (χ1v) is 7.66. The highest BCUT2D eigenvalue weighted by atomic mass is 35.5. The van der Waals surface area contributed by atoms with Crippen molar-refractivity contribution < 1.29 is 9.90 Å². The van der Waals surface area contributed by atoms with Gasteiger partial charge in [-0.3, -0.25) is 4.79 Å². The van der Waals surface area contributed by atoms with Gasteiger partial charge in [-0.1, -0.05) is 29.8 Å². The molecule has 7 heteroatoms. The number of benzene rings is 2. The third kappa shape index (κ3) is 3.55. The van der Waals surface area contributed by atoms with Crippen molar-refractivity contribution in [3.63, 3.8) is 0 Å². The Kier molecular flexibility index (Phi) is 4.48. The molecule has 3 N–H and O–H groups in total. The first-order valence-electron chi connectivity index (χ1n) is 7.28. The molecule has 0 atom stereocenters. The Labute approximate surface area is 143 Å². The second-order valence-electron chi connectivity index (χ2n) is 5.24. The van der Waals surface area contributed by atoms with E-state index in [0.717, 1.165) is 16.6 Å². The predicted molar refractivity (Wildman–Crippen MR) is 95.1 cm³/mol. The zero-order valence-corrected chi connectivity index (χ0v) is 13.6. The average Bonchev–Trinajstić information content (AvgIpc) is 2.56. The second kappa shape index (κ2) is 6.72. The zero-order valence-electron chi connectivity index (χ0n) is 12.9. The summed E-state index contributed by atoms with van der Waals surface area (Å²) in [6.45, 7) is 1.72. The van der Waals surface area contributed by atoms with E-state index in [1.807, 2.05) is 43.3 Å². The van der Waals surface area contributed by atoms with E-state index >= 15 is 0 Å². The molecule has 0 aliphatic heterocycles. The number of nitrogens with zero attached hydrogens (tertiary/aromatic N) is 2. The number of para-hydroxylation sites is 1. The van der Waals surface area contributed by atoms with Gasteiger partial charge >= 0.3 is 5.97 Å². The summed E-state index contributed by atoms with van der Waals surface area (Å²) in [6.07, 6.45) is 0. The Morgan fingerprint density at radius 2 is 2.00 bits per heavy atom. The third-order valence-electron chi connectivity index (χ3n) is 3.46. The summed E-state index contributed by atoms with van der Waals surface area (Å²) in [4.78, 5) is 19.7. The number of halogens is 1. The number of fused-ring (bicyclic) bond motifs is 1. The number of hydrogen-bond donors (Lipinski definition) is 3. The molecule has 0 aliphatic rings. The fourth-order valence-electron chi connectivity index (χ4n) is 2.28. The summed E-state index contributed by atoms with van der Waals surface area (Å²) in [5.74, 6) is -0.130. The largest absolute Gasteiger partial charge is 0.480 e. The topological polar surface area (TPSA) is 87.1 Å². The number of anilines is 3. The van der Waals surface area contributed by atoms with Crippen molar-refractivity contribution in [3.05, 3.63) is 53.1 Å². The molecule has 24 heavy (non-hydrogen) atoms. The van der Waals surface area contributed by atoms with E-state index in [4.69, 9.17) is 16.7 Å². The van der Waals surface area contributed by atoms with Crippen molar-refractivity contribution in [2.45, 2.75) is 6.92 Å². The first-order chi connectivity index (χ1) is 11.5. The molecule has 0 saturated heterocycles. The van der Waals surface area contributed by atoms with E-state index in [9.17, 15) is 4.79 Å². The van der Waals surface area contributed by atoms with Crippen molar-refractivity contribution in [3.8, 4) is 0 Å². The SMILES string of the molecule is Cc1ccc(Cl)cc1Nc1nc(NCC(=O)O)c2ccccc2n1. The number of aryl methyl sites for hydroxylation is 1. The van der Waals surface area contributed by atoms with Gasteiger partial charge in [-0.25, -0.2) is 4.98 Å². The standard InChI is InChI=1S/C17H15ClN4O2/c1-10-6-7-11(18)8-14(10)21-17-20-13-5-3-2-4-12(13)16(22-17)19-9-15(23)24/h2-8H,9H2,1H3,(H,23,24)(H2,19,20,21,22).